The van der Waals surface area contributed by atoms with Crippen LogP contribution in [0, 0.1) is 6.92 Å². The normalized spacial score (nSPS) is 11.3. The van der Waals surface area contributed by atoms with E-state index in [2.05, 4.69) is 54.2 Å². The molecule has 2 nitrogen and oxygen atoms in total. The number of aromatic nitrogens is 2. The minimum Gasteiger partial charge on any atom is -0.418 e. The first kappa shape index (κ1) is 15.5. The van der Waals surface area contributed by atoms with Crippen LogP contribution in [0.3, 0.4) is 0 Å². The Balaban J connectivity index is 0.000000312. The predicted molar refractivity (Wildman–Crippen MR) is 68.4 cm³/mol. The van der Waals surface area contributed by atoms with Crippen LogP contribution in [0.2, 0.25) is 0 Å². The lowest BCUT2D eigenvalue weighted by molar-refractivity contribution is -0.674. The summed E-state index contributed by atoms with van der Waals surface area (Å²) in [6.07, 6.45) is 0. The summed E-state index contributed by atoms with van der Waals surface area (Å²) in [6, 6.07) is 8.60. The van der Waals surface area contributed by atoms with Gasteiger partial charge in [0.1, 0.15) is 0 Å². The number of fused-ring (bicyclic) bond motifs is 1. The van der Waals surface area contributed by atoms with E-state index in [0.29, 0.717) is 0 Å². The topological polar surface area (TPSA) is 8.81 Å². The quantitative estimate of drug-likeness (QED) is 0.450. The molecule has 0 aliphatic heterocycles. The van der Waals surface area contributed by atoms with Crippen molar-refractivity contribution in [1.29, 1.82) is 0 Å². The highest BCUT2D eigenvalue weighted by atomic mass is 19.5. The Hall–Kier alpha value is -1.53. The van der Waals surface area contributed by atoms with Gasteiger partial charge in [0.25, 0.3) is 5.82 Å². The summed E-state index contributed by atoms with van der Waals surface area (Å²) in [5.41, 5.74) is 2.68. The van der Waals surface area contributed by atoms with Gasteiger partial charge in [-0.05, 0) is 26.0 Å². The number of benzene rings is 1. The van der Waals surface area contributed by atoms with E-state index in [0.717, 1.165) is 13.1 Å². The van der Waals surface area contributed by atoms with Crippen LogP contribution in [0.5, 0.6) is 0 Å². The number of halogens is 4. The predicted octanol–water partition coefficient (Wildman–Crippen LogP) is 3.58. The second-order valence-corrected chi connectivity index (χ2v) is 4.02. The van der Waals surface area contributed by atoms with E-state index in [9.17, 15) is 17.3 Å². The Labute approximate surface area is 109 Å². The molecule has 1 heterocycles. The van der Waals surface area contributed by atoms with Crippen molar-refractivity contribution in [2.24, 2.45) is 0 Å². The van der Waals surface area contributed by atoms with Crippen LogP contribution in [0.15, 0.2) is 24.3 Å². The SMILES string of the molecule is CCn1c(C)[n+](CC)c2ccccc21.F[B-](F)(F)F. The number of rotatable bonds is 2. The molecule has 0 fully saturated rings. The Morgan fingerprint density at radius 1 is 1.11 bits per heavy atom. The summed E-state index contributed by atoms with van der Waals surface area (Å²) in [6.45, 7) is 8.66. The minimum atomic E-state index is -6.00. The first-order valence-electron chi connectivity index (χ1n) is 6.14. The van der Waals surface area contributed by atoms with E-state index in [-0.39, 0.29) is 0 Å². The van der Waals surface area contributed by atoms with Crippen molar-refractivity contribution in [3.8, 4) is 0 Å². The van der Waals surface area contributed by atoms with Crippen molar-refractivity contribution in [1.82, 2.24) is 4.57 Å². The van der Waals surface area contributed by atoms with Gasteiger partial charge in [-0.2, -0.15) is 0 Å². The standard InChI is InChI=1S/C12H17N2.BF4/c1-4-13-10(3)14(5-2)12-9-7-6-8-11(12)13;2-1(3,4)5/h6-9H,4-5H2,1-3H3;/q+1;-1. The van der Waals surface area contributed by atoms with Crippen LogP contribution in [-0.2, 0) is 13.1 Å². The molecule has 0 saturated heterocycles. The highest BCUT2D eigenvalue weighted by molar-refractivity contribution is 6.50. The number of imidazole rings is 1. The van der Waals surface area contributed by atoms with Crippen LogP contribution in [0.1, 0.15) is 19.7 Å². The first-order chi connectivity index (χ1) is 8.79. The molecule has 19 heavy (non-hydrogen) atoms. The number of para-hydroxylation sites is 2. The number of hydrogen-bond donors (Lipinski definition) is 0. The summed E-state index contributed by atoms with van der Waals surface area (Å²) in [5, 5.41) is 0. The van der Waals surface area contributed by atoms with Gasteiger partial charge in [-0.1, -0.05) is 12.1 Å². The molecule has 0 bridgehead atoms. The Morgan fingerprint density at radius 3 is 2.11 bits per heavy atom. The fourth-order valence-corrected chi connectivity index (χ4v) is 2.21. The fraction of sp³-hybridized carbons (Fsp3) is 0.417. The van der Waals surface area contributed by atoms with Crippen LogP contribution in [-0.4, -0.2) is 11.8 Å². The molecule has 0 spiro atoms. The summed E-state index contributed by atoms with van der Waals surface area (Å²) in [5.74, 6) is 1.34. The van der Waals surface area contributed by atoms with Gasteiger partial charge in [0.15, 0.2) is 11.0 Å². The van der Waals surface area contributed by atoms with E-state index in [1.165, 1.54) is 16.9 Å². The number of nitrogens with zero attached hydrogens (tertiary/aromatic N) is 2. The number of aryl methyl sites for hydroxylation is 2. The summed E-state index contributed by atoms with van der Waals surface area (Å²) >= 11 is 0. The molecule has 106 valence electrons. The van der Waals surface area contributed by atoms with Crippen molar-refractivity contribution in [3.05, 3.63) is 30.1 Å². The van der Waals surface area contributed by atoms with Crippen LogP contribution < -0.4 is 4.57 Å². The van der Waals surface area contributed by atoms with Crippen molar-refractivity contribution in [2.75, 3.05) is 0 Å². The molecule has 7 heteroatoms. The van der Waals surface area contributed by atoms with Gasteiger partial charge in [-0.25, -0.2) is 9.13 Å². The molecule has 0 N–H and O–H groups in total. The van der Waals surface area contributed by atoms with E-state index in [4.69, 9.17) is 0 Å². The lowest BCUT2D eigenvalue weighted by Crippen LogP contribution is -2.34. The maximum absolute atomic E-state index is 9.75. The molecule has 2 aromatic rings. The van der Waals surface area contributed by atoms with Gasteiger partial charge in [0, 0.05) is 6.92 Å². The second-order valence-electron chi connectivity index (χ2n) is 4.02. The van der Waals surface area contributed by atoms with E-state index < -0.39 is 7.25 Å². The van der Waals surface area contributed by atoms with Crippen molar-refractivity contribution >= 4 is 18.3 Å². The average Bonchev–Trinajstić information content (AvgIpc) is 2.58. The zero-order chi connectivity index (χ0) is 14.6. The zero-order valence-corrected chi connectivity index (χ0v) is 11.2. The third kappa shape index (κ3) is 3.97. The van der Waals surface area contributed by atoms with Crippen molar-refractivity contribution in [3.63, 3.8) is 0 Å². The molecule has 0 aliphatic rings. The van der Waals surface area contributed by atoms with Crippen LogP contribution in [0.25, 0.3) is 11.0 Å². The molecule has 0 saturated carbocycles. The maximum Gasteiger partial charge on any atom is 0.673 e. The van der Waals surface area contributed by atoms with Gasteiger partial charge >= 0.3 is 7.25 Å². The molecule has 0 aliphatic carbocycles. The highest BCUT2D eigenvalue weighted by Crippen LogP contribution is 2.13. The molecule has 1 aromatic carbocycles. The Kier molecular flexibility index (Phi) is 4.97. The monoisotopic (exact) mass is 276 g/mol. The van der Waals surface area contributed by atoms with Gasteiger partial charge < -0.3 is 17.3 Å². The maximum atomic E-state index is 9.75. The molecule has 0 amide bonds. The zero-order valence-electron chi connectivity index (χ0n) is 11.2. The first-order valence-corrected chi connectivity index (χ1v) is 6.14. The lowest BCUT2D eigenvalue weighted by Gasteiger charge is -1.94. The van der Waals surface area contributed by atoms with E-state index >= 15 is 0 Å². The second kappa shape index (κ2) is 6.08. The lowest BCUT2D eigenvalue weighted by atomic mass is 10.3. The molecular weight excluding hydrogens is 259 g/mol. The minimum absolute atomic E-state index is 1.04. The third-order valence-electron chi connectivity index (χ3n) is 2.88. The summed E-state index contributed by atoms with van der Waals surface area (Å²) < 4.78 is 43.7. The molecule has 2 rings (SSSR count). The smallest absolute Gasteiger partial charge is 0.418 e. The van der Waals surface area contributed by atoms with Gasteiger partial charge in [-0.15, -0.1) is 0 Å². The molecule has 0 unspecified atom stereocenters. The van der Waals surface area contributed by atoms with Gasteiger partial charge in [0.05, 0.1) is 13.1 Å². The van der Waals surface area contributed by atoms with Crippen LogP contribution in [0.4, 0.5) is 17.3 Å². The van der Waals surface area contributed by atoms with Gasteiger partial charge in [0.2, 0.25) is 0 Å². The summed E-state index contributed by atoms with van der Waals surface area (Å²) in [4.78, 5) is 0. The van der Waals surface area contributed by atoms with Crippen molar-refractivity contribution < 1.29 is 21.8 Å². The molecule has 0 atom stereocenters. The third-order valence-corrected chi connectivity index (χ3v) is 2.88. The van der Waals surface area contributed by atoms with Crippen molar-refractivity contribution in [2.45, 2.75) is 33.9 Å². The average molecular weight is 276 g/mol. The molecule has 0 radical (unpaired) electrons. The molecular formula is C12H17BF4N2. The largest absolute Gasteiger partial charge is 0.673 e. The highest BCUT2D eigenvalue weighted by Gasteiger charge is 2.20. The Morgan fingerprint density at radius 2 is 1.63 bits per heavy atom. The molecule has 1 aromatic heterocycles. The Bertz CT molecular complexity index is 501. The summed E-state index contributed by atoms with van der Waals surface area (Å²) in [7, 11) is -6.00. The van der Waals surface area contributed by atoms with Gasteiger partial charge in [-0.3, -0.25) is 0 Å². The van der Waals surface area contributed by atoms with Crippen LogP contribution >= 0.6 is 0 Å². The number of hydrogen-bond acceptors (Lipinski definition) is 0. The van der Waals surface area contributed by atoms with E-state index in [1.807, 2.05) is 0 Å². The fourth-order valence-electron chi connectivity index (χ4n) is 2.21. The van der Waals surface area contributed by atoms with E-state index in [1.54, 1.807) is 0 Å².